The number of carboxylic acid groups (broad SMARTS) is 1. The van der Waals surface area contributed by atoms with Crippen LogP contribution in [0.2, 0.25) is 0 Å². The quantitative estimate of drug-likeness (QED) is 0.0937. The van der Waals surface area contributed by atoms with Gasteiger partial charge >= 0.3 is 37.9 Å². The van der Waals surface area contributed by atoms with Crippen LogP contribution in [0.25, 0.3) is 5.57 Å². The number of ether oxygens (including phenoxy) is 5. The average molecular weight is 1150 g/mol. The summed E-state index contributed by atoms with van der Waals surface area (Å²) in [6, 6.07) is 30.3. The minimum atomic E-state index is -0.867. The number of carbonyl (C=O) groups excluding carboxylic acids is 4. The Labute approximate surface area is 488 Å². The molecule has 3 saturated heterocycles. The molecule has 0 saturated carbocycles. The van der Waals surface area contributed by atoms with Gasteiger partial charge in [-0.15, -0.1) is 0 Å². The van der Waals surface area contributed by atoms with Gasteiger partial charge in [-0.3, -0.25) is 19.2 Å². The van der Waals surface area contributed by atoms with Gasteiger partial charge in [0.15, 0.2) is 17.3 Å². The van der Waals surface area contributed by atoms with Gasteiger partial charge in [0, 0.05) is 54.5 Å². The second kappa shape index (κ2) is 37.2. The predicted molar refractivity (Wildman–Crippen MR) is 307 cm³/mol. The van der Waals surface area contributed by atoms with Crippen molar-refractivity contribution >= 4 is 57.9 Å². The number of carboxylic acids is 1. The molecule has 0 radical (unpaired) electrons. The maximum absolute atomic E-state index is 11.1. The van der Waals surface area contributed by atoms with E-state index in [1.54, 1.807) is 52.0 Å². The SMILES string of the molecule is CC(=O)c1ccc(Br)cc1.CC(=O)c1ccc(C2=CCOCC2)cc1.CC(=O)c1ccc(C2CCOCC2)cc1.CC1(C)OB(C2=CCOCC2)OC1(C)C.CCOC(C)=O.O.O=C(O)c1ccc(C2CCOCC2)cc1.[Li+].[OH-]. The third-order valence-corrected chi connectivity index (χ3v) is 14.2. The Bertz CT molecular complexity index is 2430. The number of rotatable bonds is 9. The van der Waals surface area contributed by atoms with E-state index in [0.29, 0.717) is 37.2 Å². The molecule has 4 aromatic carbocycles. The van der Waals surface area contributed by atoms with Gasteiger partial charge in [-0.05, 0) is 158 Å². The first-order valence-electron chi connectivity index (χ1n) is 26.2. The summed E-state index contributed by atoms with van der Waals surface area (Å²) in [7, 11) is -0.182. The van der Waals surface area contributed by atoms with Crippen molar-refractivity contribution in [1.29, 1.82) is 0 Å². The van der Waals surface area contributed by atoms with Crippen molar-refractivity contribution < 1.29 is 91.9 Å². The van der Waals surface area contributed by atoms with E-state index in [9.17, 15) is 24.0 Å². The summed E-state index contributed by atoms with van der Waals surface area (Å²) in [5.74, 6) is 0.413. The third kappa shape index (κ3) is 25.2. The van der Waals surface area contributed by atoms with Crippen LogP contribution < -0.4 is 18.9 Å². The molecule has 5 heterocycles. The van der Waals surface area contributed by atoms with Crippen LogP contribution in [0.5, 0.6) is 0 Å². The van der Waals surface area contributed by atoms with Crippen LogP contribution in [0, 0.1) is 0 Å². The maximum Gasteiger partial charge on any atom is 1.00 e. The van der Waals surface area contributed by atoms with E-state index in [0.717, 1.165) is 99.3 Å². The number of hydrogen-bond donors (Lipinski definition) is 1. The Morgan fingerprint density at radius 1 is 0.570 bits per heavy atom. The van der Waals surface area contributed by atoms with Gasteiger partial charge in [0.2, 0.25) is 0 Å². The molecule has 0 aliphatic carbocycles. The van der Waals surface area contributed by atoms with Gasteiger partial charge in [0.05, 0.1) is 49.8 Å². The Balaban J connectivity index is 0.000000479. The fourth-order valence-electron chi connectivity index (χ4n) is 8.30. The summed E-state index contributed by atoms with van der Waals surface area (Å²) >= 11 is 3.28. The van der Waals surface area contributed by atoms with Crippen molar-refractivity contribution in [3.63, 3.8) is 0 Å². The van der Waals surface area contributed by atoms with E-state index in [1.807, 2.05) is 60.7 Å². The van der Waals surface area contributed by atoms with E-state index < -0.39 is 5.97 Å². The van der Waals surface area contributed by atoms with Gasteiger partial charge in [0.25, 0.3) is 0 Å². The molecule has 4 N–H and O–H groups in total. The van der Waals surface area contributed by atoms with E-state index in [2.05, 4.69) is 72.6 Å². The average Bonchev–Trinajstić information content (AvgIpc) is 3.69. The molecule has 5 aliphatic rings. The van der Waals surface area contributed by atoms with Crippen molar-refractivity contribution in [3.8, 4) is 0 Å². The molecule has 0 aromatic heterocycles. The standard InChI is InChI=1S/C13H16O2.C13H14O2.C12H14O3.C11H19BO3.C8H7BrO.C4H8O2.Li.2H2O/c2*1-10(14)11-2-4-12(5-3-11)13-6-8-15-9-7-13;13-12(14)11-3-1-9(2-4-11)10-5-7-15-8-6-10;1-10(2)11(3,4)15-12(14-10)9-5-7-13-8-6-9;1-6(10)7-2-4-8(9)5-3-7;1-3-6-4(2)5;;;/h2-5,13H,6-9H2,1H3;2-6H,7-9H2,1H3;1-4,10H,5-8H2,(H,13,14);5H,6-8H2,1-4H3;2-5H,1H3;3H2,1-2H3;;2*1H2/q;;;;;;+1;;/p-1. The first kappa shape index (κ1) is 72.1. The number of aromatic carboxylic acids is 1. The first-order valence-corrected chi connectivity index (χ1v) is 27.0. The van der Waals surface area contributed by atoms with Crippen LogP contribution in [0.15, 0.2) is 119 Å². The fraction of sp³-hybridized carbons (Fsp3) is 0.459. The van der Waals surface area contributed by atoms with Crippen LogP contribution in [0.3, 0.4) is 0 Å². The van der Waals surface area contributed by atoms with Gasteiger partial charge in [-0.1, -0.05) is 101 Å². The molecule has 0 spiro atoms. The number of Topliss-reactive ketones (excluding diaryl/α,β-unsaturated/α-hetero) is 3. The Morgan fingerprint density at radius 3 is 1.28 bits per heavy atom. The molecule has 79 heavy (non-hydrogen) atoms. The summed E-state index contributed by atoms with van der Waals surface area (Å²) in [6.45, 7) is 23.0. The van der Waals surface area contributed by atoms with Gasteiger partial charge < -0.3 is 49.1 Å². The summed E-state index contributed by atoms with van der Waals surface area (Å²) in [5, 5.41) is 8.77. The largest absolute Gasteiger partial charge is 1.00 e. The summed E-state index contributed by atoms with van der Waals surface area (Å²) in [4.78, 5) is 53.4. The molecule has 18 heteroatoms. The Morgan fingerprint density at radius 2 is 0.949 bits per heavy atom. The maximum atomic E-state index is 11.1. The normalized spacial score (nSPS) is 17.0. The van der Waals surface area contributed by atoms with Crippen LogP contribution in [0.1, 0.15) is 171 Å². The van der Waals surface area contributed by atoms with Crippen molar-refractivity contribution in [1.82, 2.24) is 0 Å². The Kier molecular flexibility index (Phi) is 34.0. The Hall–Kier alpha value is -4.87. The van der Waals surface area contributed by atoms with Gasteiger partial charge in [-0.2, -0.15) is 0 Å². The van der Waals surface area contributed by atoms with Crippen LogP contribution >= 0.6 is 15.9 Å². The van der Waals surface area contributed by atoms with Crippen LogP contribution in [0.4, 0.5) is 0 Å². The molecular formula is C61H81BBrLiO15. The summed E-state index contributed by atoms with van der Waals surface area (Å²) in [6.07, 6.45) is 10.3. The predicted octanol–water partition coefficient (Wildman–Crippen LogP) is 8.94. The van der Waals surface area contributed by atoms with Crippen molar-refractivity contribution in [2.75, 3.05) is 59.5 Å². The smallest absolute Gasteiger partial charge is 0.870 e. The molecule has 426 valence electrons. The minimum absolute atomic E-state index is 0. The van der Waals surface area contributed by atoms with E-state index in [4.69, 9.17) is 33.4 Å². The van der Waals surface area contributed by atoms with Crippen LogP contribution in [-0.2, 0) is 37.8 Å². The molecule has 5 aliphatic heterocycles. The third-order valence-electron chi connectivity index (χ3n) is 13.6. The monoisotopic (exact) mass is 1150 g/mol. The molecule has 0 bridgehead atoms. The van der Waals surface area contributed by atoms with Gasteiger partial charge in [0.1, 0.15) is 0 Å². The summed E-state index contributed by atoms with van der Waals surface area (Å²) in [5.41, 5.74) is 8.49. The molecule has 9 rings (SSSR count). The first-order chi connectivity index (χ1) is 36.2. The van der Waals surface area contributed by atoms with E-state index in [-0.39, 0.29) is 71.5 Å². The van der Waals surface area contributed by atoms with E-state index in [1.165, 1.54) is 34.7 Å². The zero-order valence-electron chi connectivity index (χ0n) is 47.9. The zero-order chi connectivity index (χ0) is 55.7. The second-order valence-electron chi connectivity index (χ2n) is 19.7. The van der Waals surface area contributed by atoms with Crippen LogP contribution in [-0.4, -0.2) is 123 Å². The van der Waals surface area contributed by atoms with E-state index >= 15 is 0 Å². The number of carbonyl (C=O) groups is 5. The zero-order valence-corrected chi connectivity index (χ0v) is 49.5. The summed E-state index contributed by atoms with van der Waals surface area (Å²) < 4.78 is 38.5. The fourth-order valence-corrected chi connectivity index (χ4v) is 8.56. The van der Waals surface area contributed by atoms with Crippen molar-refractivity contribution in [3.05, 3.63) is 158 Å². The molecule has 3 fully saturated rings. The number of halogens is 1. The molecule has 0 unspecified atom stereocenters. The second-order valence-corrected chi connectivity index (χ2v) is 20.7. The number of hydrogen-bond acceptors (Lipinski definition) is 13. The number of benzene rings is 4. The number of esters is 1. The number of ketones is 3. The molecule has 0 atom stereocenters. The topological polar surface area (TPSA) is 232 Å². The molecule has 0 amide bonds. The molecular weight excluding hydrogens is 1070 g/mol. The van der Waals surface area contributed by atoms with Gasteiger partial charge in [-0.25, -0.2) is 4.79 Å². The minimum Gasteiger partial charge on any atom is -0.870 e. The van der Waals surface area contributed by atoms with Crippen molar-refractivity contribution in [2.45, 2.75) is 124 Å². The van der Waals surface area contributed by atoms with Crippen molar-refractivity contribution in [2.24, 2.45) is 0 Å². The molecule has 4 aromatic rings. The molecule has 15 nitrogen and oxygen atoms in total.